The molecule has 0 unspecified atom stereocenters. The van der Waals surface area contributed by atoms with E-state index >= 15 is 0 Å². The first-order valence-electron chi connectivity index (χ1n) is 5.36. The summed E-state index contributed by atoms with van der Waals surface area (Å²) in [5, 5.41) is 20.4. The Morgan fingerprint density at radius 3 is 2.41 bits per heavy atom. The third kappa shape index (κ3) is 4.02. The van der Waals surface area contributed by atoms with Gasteiger partial charge < -0.3 is 5.11 Å². The molecule has 0 aromatic heterocycles. The highest BCUT2D eigenvalue weighted by Gasteiger charge is 2.21. The van der Waals surface area contributed by atoms with E-state index in [0.29, 0.717) is 10.5 Å². The summed E-state index contributed by atoms with van der Waals surface area (Å²) < 4.78 is -0.0862. The molecule has 0 saturated carbocycles. The first kappa shape index (κ1) is 14.0. The third-order valence-corrected chi connectivity index (χ3v) is 3.26. The molecule has 1 aromatic rings. The van der Waals surface area contributed by atoms with Crippen LogP contribution in [0.2, 0.25) is 0 Å². The van der Waals surface area contributed by atoms with E-state index in [4.69, 9.17) is 0 Å². The summed E-state index contributed by atoms with van der Waals surface area (Å²) in [5.74, 6) is 0. The number of nitro groups is 1. The van der Waals surface area contributed by atoms with Crippen molar-refractivity contribution in [2.45, 2.75) is 43.4 Å². The fraction of sp³-hybridized carbons (Fsp3) is 0.500. The lowest BCUT2D eigenvalue weighted by Crippen LogP contribution is -2.08. The van der Waals surface area contributed by atoms with Crippen molar-refractivity contribution in [3.05, 3.63) is 33.9 Å². The van der Waals surface area contributed by atoms with Crippen molar-refractivity contribution in [2.24, 2.45) is 0 Å². The quantitative estimate of drug-likeness (QED) is 0.509. The summed E-state index contributed by atoms with van der Waals surface area (Å²) >= 11 is 1.45. The Morgan fingerprint density at radius 1 is 1.41 bits per heavy atom. The van der Waals surface area contributed by atoms with Crippen LogP contribution in [-0.4, -0.2) is 14.8 Å². The minimum Gasteiger partial charge on any atom is -0.389 e. The zero-order valence-electron chi connectivity index (χ0n) is 10.4. The molecule has 0 aliphatic rings. The van der Waals surface area contributed by atoms with E-state index in [1.54, 1.807) is 19.1 Å². The number of thioether (sulfide) groups is 1. The number of aliphatic hydroxyl groups is 1. The van der Waals surface area contributed by atoms with Crippen LogP contribution in [0.4, 0.5) is 5.69 Å². The lowest BCUT2D eigenvalue weighted by molar-refractivity contribution is -0.387. The summed E-state index contributed by atoms with van der Waals surface area (Å²) in [5.41, 5.74) is 0.623. The van der Waals surface area contributed by atoms with Gasteiger partial charge in [-0.2, -0.15) is 0 Å². The van der Waals surface area contributed by atoms with Gasteiger partial charge in [0.25, 0.3) is 5.69 Å². The van der Waals surface area contributed by atoms with Crippen molar-refractivity contribution in [1.29, 1.82) is 0 Å². The Balaban J connectivity index is 3.18. The van der Waals surface area contributed by atoms with E-state index < -0.39 is 11.0 Å². The molecule has 0 fully saturated rings. The largest absolute Gasteiger partial charge is 0.389 e. The second-order valence-corrected chi connectivity index (χ2v) is 6.74. The summed E-state index contributed by atoms with van der Waals surface area (Å²) in [7, 11) is 0. The maximum atomic E-state index is 11.0. The number of nitro benzene ring substituents is 1. The molecule has 0 amide bonds. The van der Waals surface area contributed by atoms with Gasteiger partial charge in [0.05, 0.1) is 15.9 Å². The van der Waals surface area contributed by atoms with Crippen molar-refractivity contribution in [3.8, 4) is 0 Å². The first-order valence-corrected chi connectivity index (χ1v) is 6.18. The molecular formula is C12H17NO3S. The smallest absolute Gasteiger partial charge is 0.283 e. The van der Waals surface area contributed by atoms with Gasteiger partial charge in [0, 0.05) is 10.8 Å². The summed E-state index contributed by atoms with van der Waals surface area (Å²) in [4.78, 5) is 11.2. The Kier molecular flexibility index (Phi) is 4.16. The normalized spacial score (nSPS) is 13.5. The highest BCUT2D eigenvalue weighted by Crippen LogP contribution is 2.38. The number of hydrogen-bond acceptors (Lipinski definition) is 4. The number of aliphatic hydroxyl groups excluding tert-OH is 1. The monoisotopic (exact) mass is 255 g/mol. The molecule has 4 nitrogen and oxygen atoms in total. The second-order valence-electron chi connectivity index (χ2n) is 4.87. The summed E-state index contributed by atoms with van der Waals surface area (Å²) in [6.45, 7) is 7.60. The Morgan fingerprint density at radius 2 is 2.00 bits per heavy atom. The standard InChI is InChI=1S/C12H17NO3S/c1-8(14)9-5-6-11(17-12(2,3)4)10(7-9)13(15)16/h5-8,14H,1-4H3/t8-/m0/s1. The van der Waals surface area contributed by atoms with Crippen LogP contribution in [-0.2, 0) is 0 Å². The third-order valence-electron chi connectivity index (χ3n) is 2.08. The van der Waals surface area contributed by atoms with Crippen LogP contribution in [0.5, 0.6) is 0 Å². The Bertz CT molecular complexity index is 424. The van der Waals surface area contributed by atoms with E-state index in [9.17, 15) is 15.2 Å². The molecule has 0 spiro atoms. The molecule has 5 heteroatoms. The van der Waals surface area contributed by atoms with E-state index in [1.165, 1.54) is 17.8 Å². The topological polar surface area (TPSA) is 63.4 Å². The molecule has 0 heterocycles. The van der Waals surface area contributed by atoms with Crippen molar-refractivity contribution in [2.75, 3.05) is 0 Å². The summed E-state index contributed by atoms with van der Waals surface area (Å²) in [6.07, 6.45) is -0.692. The number of benzene rings is 1. The molecule has 17 heavy (non-hydrogen) atoms. The molecule has 1 N–H and O–H groups in total. The molecule has 0 aliphatic carbocycles. The maximum Gasteiger partial charge on any atom is 0.283 e. The zero-order chi connectivity index (χ0) is 13.2. The van der Waals surface area contributed by atoms with Crippen LogP contribution >= 0.6 is 11.8 Å². The number of hydrogen-bond donors (Lipinski definition) is 1. The molecule has 1 aromatic carbocycles. The van der Waals surface area contributed by atoms with E-state index in [1.807, 2.05) is 20.8 Å². The predicted octanol–water partition coefficient (Wildman–Crippen LogP) is 3.54. The van der Waals surface area contributed by atoms with Gasteiger partial charge in [0.1, 0.15) is 0 Å². The molecule has 1 rings (SSSR count). The maximum absolute atomic E-state index is 11.0. The lowest BCUT2D eigenvalue weighted by atomic mass is 10.1. The molecule has 0 radical (unpaired) electrons. The van der Waals surface area contributed by atoms with Crippen molar-refractivity contribution < 1.29 is 10.0 Å². The van der Waals surface area contributed by atoms with Crippen LogP contribution in [0.1, 0.15) is 39.4 Å². The van der Waals surface area contributed by atoms with Crippen LogP contribution < -0.4 is 0 Å². The van der Waals surface area contributed by atoms with Crippen LogP contribution in [0.15, 0.2) is 23.1 Å². The number of rotatable bonds is 3. The molecule has 0 saturated heterocycles. The molecular weight excluding hydrogens is 238 g/mol. The van der Waals surface area contributed by atoms with Gasteiger partial charge >= 0.3 is 0 Å². The van der Waals surface area contributed by atoms with Gasteiger partial charge in [0.15, 0.2) is 0 Å². The van der Waals surface area contributed by atoms with Gasteiger partial charge in [-0.05, 0) is 18.6 Å². The van der Waals surface area contributed by atoms with Crippen molar-refractivity contribution >= 4 is 17.4 Å². The Hall–Kier alpha value is -1.07. The average molecular weight is 255 g/mol. The fourth-order valence-electron chi connectivity index (χ4n) is 1.35. The van der Waals surface area contributed by atoms with E-state index in [2.05, 4.69) is 0 Å². The fourth-order valence-corrected chi connectivity index (χ4v) is 2.39. The highest BCUT2D eigenvalue weighted by molar-refractivity contribution is 8.00. The van der Waals surface area contributed by atoms with Gasteiger partial charge in [0.2, 0.25) is 0 Å². The van der Waals surface area contributed by atoms with E-state index in [-0.39, 0.29) is 10.4 Å². The lowest BCUT2D eigenvalue weighted by Gasteiger charge is -2.17. The Labute approximate surface area is 105 Å². The van der Waals surface area contributed by atoms with Crippen LogP contribution in [0.3, 0.4) is 0 Å². The number of nitrogens with zero attached hydrogens (tertiary/aromatic N) is 1. The van der Waals surface area contributed by atoms with E-state index in [0.717, 1.165) is 0 Å². The minimum absolute atomic E-state index is 0.0586. The van der Waals surface area contributed by atoms with Crippen molar-refractivity contribution in [3.63, 3.8) is 0 Å². The van der Waals surface area contributed by atoms with Gasteiger partial charge in [-0.1, -0.05) is 26.8 Å². The zero-order valence-corrected chi connectivity index (χ0v) is 11.2. The summed E-state index contributed by atoms with van der Waals surface area (Å²) in [6, 6.07) is 4.88. The molecule has 1 atom stereocenters. The molecule has 0 aliphatic heterocycles. The van der Waals surface area contributed by atoms with Gasteiger partial charge in [-0.25, -0.2) is 0 Å². The van der Waals surface area contributed by atoms with Crippen molar-refractivity contribution in [1.82, 2.24) is 0 Å². The minimum atomic E-state index is -0.692. The predicted molar refractivity (Wildman–Crippen MR) is 69.3 cm³/mol. The molecule has 0 bridgehead atoms. The van der Waals surface area contributed by atoms with Crippen LogP contribution in [0, 0.1) is 10.1 Å². The van der Waals surface area contributed by atoms with Gasteiger partial charge in [-0.3, -0.25) is 10.1 Å². The highest BCUT2D eigenvalue weighted by atomic mass is 32.2. The van der Waals surface area contributed by atoms with Gasteiger partial charge in [-0.15, -0.1) is 11.8 Å². The SMILES string of the molecule is C[C@H](O)c1ccc(SC(C)(C)C)c([N+](=O)[O-])c1. The molecule has 94 valence electrons. The second kappa shape index (κ2) is 5.06. The first-order chi connectivity index (χ1) is 7.70. The average Bonchev–Trinajstić information content (AvgIpc) is 2.14. The van der Waals surface area contributed by atoms with Crippen LogP contribution in [0.25, 0.3) is 0 Å².